The number of thioether (sulfide) groups is 1. The Balaban J connectivity index is 1.91. The van der Waals surface area contributed by atoms with Gasteiger partial charge >= 0.3 is 5.69 Å². The summed E-state index contributed by atoms with van der Waals surface area (Å²) in [7, 11) is 3.06. The van der Waals surface area contributed by atoms with E-state index >= 15 is 0 Å². The molecule has 1 fully saturated rings. The van der Waals surface area contributed by atoms with Gasteiger partial charge in [0.05, 0.1) is 22.3 Å². The highest BCUT2D eigenvalue weighted by molar-refractivity contribution is 7.99. The first-order chi connectivity index (χ1) is 17.2. The molecular weight excluding hydrogens is 507 g/mol. The molecule has 4 rings (SSSR count). The van der Waals surface area contributed by atoms with Crippen LogP contribution in [0.15, 0.2) is 33.9 Å². The first-order valence-corrected chi connectivity index (χ1v) is 13.5. The monoisotopic (exact) mass is 538 g/mol. The summed E-state index contributed by atoms with van der Waals surface area (Å²) in [4.78, 5) is 31.1. The van der Waals surface area contributed by atoms with Gasteiger partial charge in [-0.05, 0) is 44.2 Å². The maximum atomic E-state index is 14.1. The Morgan fingerprint density at radius 3 is 2.56 bits per heavy atom. The molecule has 11 heteroatoms. The van der Waals surface area contributed by atoms with E-state index in [-0.39, 0.29) is 18.6 Å². The minimum Gasteiger partial charge on any atom is -0.396 e. The van der Waals surface area contributed by atoms with Crippen molar-refractivity contribution < 1.29 is 14.6 Å². The lowest BCUT2D eigenvalue weighted by Crippen LogP contribution is -2.43. The molecule has 2 unspecified atom stereocenters. The Morgan fingerprint density at radius 2 is 1.86 bits per heavy atom. The number of aryl methyl sites for hydroxylation is 1. The van der Waals surface area contributed by atoms with Gasteiger partial charge in [-0.15, -0.1) is 23.4 Å². The number of aromatic amines is 1. The number of alkyl halides is 1. The summed E-state index contributed by atoms with van der Waals surface area (Å²) >= 11 is 8.80. The van der Waals surface area contributed by atoms with Gasteiger partial charge in [0.15, 0.2) is 0 Å². The van der Waals surface area contributed by atoms with E-state index in [1.54, 1.807) is 30.9 Å². The molecule has 3 aromatic rings. The molecule has 0 aliphatic carbocycles. The van der Waals surface area contributed by atoms with E-state index < -0.39 is 22.1 Å². The number of fused-ring (bicyclic) bond motifs is 1. The lowest BCUT2D eigenvalue weighted by atomic mass is 10.1. The molecule has 196 valence electrons. The number of halogens is 2. The number of benzene rings is 1. The van der Waals surface area contributed by atoms with Gasteiger partial charge in [-0.1, -0.05) is 12.1 Å². The average molecular weight is 539 g/mol. The van der Waals surface area contributed by atoms with Gasteiger partial charge in [-0.2, -0.15) is 0 Å². The first-order valence-electron chi connectivity index (χ1n) is 12.1. The van der Waals surface area contributed by atoms with Gasteiger partial charge in [0.1, 0.15) is 16.2 Å². The van der Waals surface area contributed by atoms with Crippen LogP contribution >= 0.6 is 23.4 Å². The van der Waals surface area contributed by atoms with Crippen LogP contribution in [0.3, 0.4) is 0 Å². The van der Waals surface area contributed by atoms with Crippen LogP contribution < -0.4 is 11.2 Å². The average Bonchev–Trinajstić information content (AvgIpc) is 3.40. The molecule has 0 radical (unpaired) electrons. The number of aromatic nitrogens is 3. The van der Waals surface area contributed by atoms with Crippen LogP contribution in [0.2, 0.25) is 0 Å². The molecule has 1 aliphatic rings. The predicted octanol–water partition coefficient (Wildman–Crippen LogP) is 3.29. The molecule has 3 N–H and O–H groups in total. The van der Waals surface area contributed by atoms with Crippen LogP contribution in [0.1, 0.15) is 43.2 Å². The number of aliphatic hydroxyl groups excluding tert-OH is 2. The molecule has 2 atom stereocenters. The van der Waals surface area contributed by atoms with E-state index in [9.17, 15) is 24.2 Å². The number of hydrogen-bond acceptors (Lipinski definition) is 6. The van der Waals surface area contributed by atoms with Gasteiger partial charge < -0.3 is 15.2 Å². The Hall–Kier alpha value is -2.11. The van der Waals surface area contributed by atoms with Crippen molar-refractivity contribution in [3.63, 3.8) is 0 Å². The number of hydrogen-bond donors (Lipinski definition) is 3. The summed E-state index contributed by atoms with van der Waals surface area (Å²) in [6, 6.07) is 6.01. The maximum absolute atomic E-state index is 14.1. The smallest absolute Gasteiger partial charge is 0.331 e. The first kappa shape index (κ1) is 26.9. The highest BCUT2D eigenvalue weighted by atomic mass is 35.5. The molecule has 0 bridgehead atoms. The van der Waals surface area contributed by atoms with Crippen LogP contribution in [0.4, 0.5) is 4.39 Å². The normalized spacial score (nSPS) is 20.6. The van der Waals surface area contributed by atoms with Crippen LogP contribution in [0.5, 0.6) is 0 Å². The third kappa shape index (κ3) is 4.89. The Labute approximate surface area is 217 Å². The fraction of sp³-hybridized carbons (Fsp3) is 0.520. The summed E-state index contributed by atoms with van der Waals surface area (Å²) in [6.07, 6.45) is 3.40. The van der Waals surface area contributed by atoms with Crippen molar-refractivity contribution in [3.8, 4) is 11.3 Å². The number of unbranched alkanes of at least 4 members (excludes halogenated alkanes) is 2. The molecular formula is C25H32ClFN4O4S. The molecule has 36 heavy (non-hydrogen) atoms. The number of H-pyrrole nitrogens is 1. The SMILES string of the molecule is Cn1c(=O)c2c(-c3cccc(F)c3)[nH]c(C3SCC(Cl)(CCCCO)N3CCCCO)c2n(C)c1=O. The summed E-state index contributed by atoms with van der Waals surface area (Å²) in [5.41, 5.74) is 1.21. The Kier molecular flexibility index (Phi) is 8.31. The second-order valence-electron chi connectivity index (χ2n) is 9.24. The molecule has 1 saturated heterocycles. The van der Waals surface area contributed by atoms with Crippen molar-refractivity contribution in [1.29, 1.82) is 0 Å². The van der Waals surface area contributed by atoms with E-state index in [0.717, 1.165) is 17.4 Å². The van der Waals surface area contributed by atoms with E-state index in [4.69, 9.17) is 11.6 Å². The number of rotatable bonds is 10. The van der Waals surface area contributed by atoms with Crippen LogP contribution in [0, 0.1) is 5.82 Å². The second-order valence-corrected chi connectivity index (χ2v) is 11.0. The van der Waals surface area contributed by atoms with Crippen molar-refractivity contribution in [3.05, 3.63) is 56.6 Å². The van der Waals surface area contributed by atoms with E-state index in [1.807, 2.05) is 0 Å². The third-order valence-electron chi connectivity index (χ3n) is 6.82. The molecule has 1 aliphatic heterocycles. The van der Waals surface area contributed by atoms with Crippen molar-refractivity contribution in [1.82, 2.24) is 19.0 Å². The number of aliphatic hydroxyl groups is 2. The molecule has 3 heterocycles. The van der Waals surface area contributed by atoms with Crippen LogP contribution in [-0.4, -0.2) is 59.7 Å². The van der Waals surface area contributed by atoms with Crippen molar-refractivity contribution in [2.24, 2.45) is 14.1 Å². The van der Waals surface area contributed by atoms with Gasteiger partial charge in [0, 0.05) is 45.2 Å². The zero-order chi connectivity index (χ0) is 26.0. The van der Waals surface area contributed by atoms with E-state index in [1.165, 1.54) is 23.7 Å². The zero-order valence-electron chi connectivity index (χ0n) is 20.5. The Morgan fingerprint density at radius 1 is 1.14 bits per heavy atom. The maximum Gasteiger partial charge on any atom is 0.331 e. The van der Waals surface area contributed by atoms with E-state index in [0.29, 0.717) is 59.4 Å². The fourth-order valence-corrected chi connectivity index (χ4v) is 7.05. The van der Waals surface area contributed by atoms with Crippen molar-refractivity contribution in [2.45, 2.75) is 42.5 Å². The summed E-state index contributed by atoms with van der Waals surface area (Å²) in [5, 5.41) is 18.6. The molecule has 0 spiro atoms. The van der Waals surface area contributed by atoms with Gasteiger partial charge in [0.25, 0.3) is 5.56 Å². The van der Waals surface area contributed by atoms with Crippen molar-refractivity contribution >= 4 is 34.3 Å². The summed E-state index contributed by atoms with van der Waals surface area (Å²) in [6.45, 7) is 0.776. The minimum atomic E-state index is -0.685. The lowest BCUT2D eigenvalue weighted by molar-refractivity contribution is 0.156. The molecule has 8 nitrogen and oxygen atoms in total. The largest absolute Gasteiger partial charge is 0.396 e. The van der Waals surface area contributed by atoms with Gasteiger partial charge in [0.2, 0.25) is 0 Å². The number of nitrogens with one attached hydrogen (secondary N) is 1. The number of nitrogens with zero attached hydrogens (tertiary/aromatic N) is 3. The predicted molar refractivity (Wildman–Crippen MR) is 142 cm³/mol. The fourth-order valence-electron chi connectivity index (χ4n) is 4.94. The molecule has 2 aromatic heterocycles. The third-order valence-corrected chi connectivity index (χ3v) is 8.97. The topological polar surface area (TPSA) is 103 Å². The summed E-state index contributed by atoms with van der Waals surface area (Å²) in [5.74, 6) is 0.182. The molecule has 0 saturated carbocycles. The standard InChI is InChI=1S/C25H32ClFN4O4S/c1-29-21-18(22(34)30(2)24(29)35)19(16-8-7-9-17(27)14-16)28-20(21)23-31(11-4-6-13-33)25(26,15-36-23)10-3-5-12-32/h7-9,14,23,28,32-33H,3-6,10-13,15H2,1-2H3. The minimum absolute atomic E-state index is 0.0745. The summed E-state index contributed by atoms with van der Waals surface area (Å²) < 4.78 is 16.7. The van der Waals surface area contributed by atoms with E-state index in [2.05, 4.69) is 9.88 Å². The lowest BCUT2D eigenvalue weighted by Gasteiger charge is -2.35. The molecule has 1 aromatic carbocycles. The quantitative estimate of drug-likeness (QED) is 0.208. The van der Waals surface area contributed by atoms with Crippen LogP contribution in [-0.2, 0) is 14.1 Å². The highest BCUT2D eigenvalue weighted by Gasteiger charge is 2.47. The van der Waals surface area contributed by atoms with Crippen LogP contribution in [0.25, 0.3) is 22.2 Å². The zero-order valence-corrected chi connectivity index (χ0v) is 22.0. The van der Waals surface area contributed by atoms with Gasteiger partial charge in [-0.25, -0.2) is 9.18 Å². The van der Waals surface area contributed by atoms with Crippen molar-refractivity contribution in [2.75, 3.05) is 25.5 Å². The van der Waals surface area contributed by atoms with Gasteiger partial charge in [-0.3, -0.25) is 18.8 Å². The molecule has 0 amide bonds. The highest BCUT2D eigenvalue weighted by Crippen LogP contribution is 2.52. The Bertz CT molecular complexity index is 1360. The second kappa shape index (κ2) is 11.1.